The highest BCUT2D eigenvalue weighted by molar-refractivity contribution is 5.50. The molecule has 18 heavy (non-hydrogen) atoms. The normalized spacial score (nSPS) is 15.9. The van der Waals surface area contributed by atoms with Crippen LogP contribution in [0, 0.1) is 0 Å². The lowest BCUT2D eigenvalue weighted by Crippen LogP contribution is -2.37. The van der Waals surface area contributed by atoms with Gasteiger partial charge in [0, 0.05) is 25.3 Å². The Morgan fingerprint density at radius 2 is 1.22 bits per heavy atom. The molecule has 0 aromatic heterocycles. The predicted molar refractivity (Wildman–Crippen MR) is 70.5 cm³/mol. The second-order valence-electron chi connectivity index (χ2n) is 4.52. The molecule has 0 heterocycles. The van der Waals surface area contributed by atoms with Crippen molar-refractivity contribution in [1.82, 2.24) is 0 Å². The molecule has 0 atom stereocenters. The first-order valence-corrected chi connectivity index (χ1v) is 6.09. The summed E-state index contributed by atoms with van der Waals surface area (Å²) in [4.78, 5) is 0. The van der Waals surface area contributed by atoms with Crippen LogP contribution in [-0.4, -0.2) is 14.2 Å². The molecule has 3 rings (SSSR count). The molecular weight excluding hydrogens is 224 g/mol. The van der Waals surface area contributed by atoms with Crippen LogP contribution in [0.4, 0.5) is 0 Å². The van der Waals surface area contributed by atoms with Crippen LogP contribution in [0.15, 0.2) is 48.5 Å². The van der Waals surface area contributed by atoms with Gasteiger partial charge in [-0.05, 0) is 17.5 Å². The number of rotatable bonds is 2. The third-order valence-electron chi connectivity index (χ3n) is 3.70. The Balaban J connectivity index is 2.30. The number of methoxy groups -OCH3 is 2. The van der Waals surface area contributed by atoms with Crippen molar-refractivity contribution < 1.29 is 9.47 Å². The van der Waals surface area contributed by atoms with Gasteiger partial charge >= 0.3 is 0 Å². The maximum atomic E-state index is 5.76. The van der Waals surface area contributed by atoms with Crippen LogP contribution in [0.25, 0.3) is 0 Å². The lowest BCUT2D eigenvalue weighted by molar-refractivity contribution is -0.185. The fourth-order valence-corrected chi connectivity index (χ4v) is 2.86. The third-order valence-corrected chi connectivity index (χ3v) is 3.70. The topological polar surface area (TPSA) is 18.5 Å². The average Bonchev–Trinajstić information content (AvgIpc) is 2.45. The Hall–Kier alpha value is -1.64. The Bertz CT molecular complexity index is 523. The lowest BCUT2D eigenvalue weighted by Gasteiger charge is -2.38. The summed E-state index contributed by atoms with van der Waals surface area (Å²) < 4.78 is 11.5. The van der Waals surface area contributed by atoms with E-state index >= 15 is 0 Å². The molecule has 0 aliphatic heterocycles. The van der Waals surface area contributed by atoms with Gasteiger partial charge in [0.1, 0.15) is 0 Å². The predicted octanol–water partition coefficient (Wildman–Crippen LogP) is 3.08. The van der Waals surface area contributed by atoms with Crippen LogP contribution < -0.4 is 0 Å². The fourth-order valence-electron chi connectivity index (χ4n) is 2.86. The van der Waals surface area contributed by atoms with Crippen molar-refractivity contribution in [3.63, 3.8) is 0 Å². The van der Waals surface area contributed by atoms with E-state index in [-0.39, 0.29) is 0 Å². The summed E-state index contributed by atoms with van der Waals surface area (Å²) in [6.45, 7) is 0. The van der Waals surface area contributed by atoms with Crippen LogP contribution in [0.2, 0.25) is 0 Å². The molecule has 2 heteroatoms. The van der Waals surface area contributed by atoms with Gasteiger partial charge in [-0.15, -0.1) is 0 Å². The zero-order chi connectivity index (χ0) is 12.6. The molecule has 0 amide bonds. The van der Waals surface area contributed by atoms with Crippen molar-refractivity contribution >= 4 is 0 Å². The maximum Gasteiger partial charge on any atom is 0.222 e. The molecule has 0 bridgehead atoms. The molecule has 0 N–H and O–H groups in total. The summed E-state index contributed by atoms with van der Waals surface area (Å²) in [5, 5.41) is 0. The maximum absolute atomic E-state index is 5.76. The van der Waals surface area contributed by atoms with E-state index in [1.54, 1.807) is 14.2 Å². The summed E-state index contributed by atoms with van der Waals surface area (Å²) >= 11 is 0. The monoisotopic (exact) mass is 240 g/mol. The fraction of sp³-hybridized carbons (Fsp3) is 0.250. The van der Waals surface area contributed by atoms with Crippen molar-refractivity contribution in [1.29, 1.82) is 0 Å². The molecule has 0 unspecified atom stereocenters. The SMILES string of the molecule is COC1(OC)c2ccccc2Cc2ccccc21. The van der Waals surface area contributed by atoms with Crippen LogP contribution in [0.5, 0.6) is 0 Å². The Morgan fingerprint density at radius 1 is 0.778 bits per heavy atom. The highest BCUT2D eigenvalue weighted by Crippen LogP contribution is 2.42. The molecule has 2 aromatic carbocycles. The van der Waals surface area contributed by atoms with Crippen LogP contribution in [0.3, 0.4) is 0 Å². The van der Waals surface area contributed by atoms with E-state index in [0.29, 0.717) is 0 Å². The summed E-state index contributed by atoms with van der Waals surface area (Å²) in [5.41, 5.74) is 4.74. The molecule has 0 saturated heterocycles. The summed E-state index contributed by atoms with van der Waals surface area (Å²) in [7, 11) is 3.39. The average molecular weight is 240 g/mol. The minimum absolute atomic E-state index is 0.772. The largest absolute Gasteiger partial charge is 0.346 e. The highest BCUT2D eigenvalue weighted by atomic mass is 16.7. The zero-order valence-corrected chi connectivity index (χ0v) is 10.6. The Morgan fingerprint density at radius 3 is 1.67 bits per heavy atom. The first-order chi connectivity index (χ1) is 8.81. The molecule has 0 fully saturated rings. The molecule has 0 radical (unpaired) electrons. The number of fused-ring (bicyclic) bond motifs is 2. The number of ether oxygens (including phenoxy) is 2. The van der Waals surface area contributed by atoms with E-state index in [1.165, 1.54) is 11.1 Å². The molecule has 0 spiro atoms. The van der Waals surface area contributed by atoms with Gasteiger partial charge in [-0.3, -0.25) is 0 Å². The van der Waals surface area contributed by atoms with Gasteiger partial charge in [0.25, 0.3) is 0 Å². The van der Waals surface area contributed by atoms with Crippen molar-refractivity contribution in [3.05, 3.63) is 70.8 Å². The van der Waals surface area contributed by atoms with Gasteiger partial charge in [-0.1, -0.05) is 48.5 Å². The van der Waals surface area contributed by atoms with Crippen LogP contribution in [-0.2, 0) is 21.7 Å². The molecule has 2 aromatic rings. The van der Waals surface area contributed by atoms with Crippen LogP contribution >= 0.6 is 0 Å². The standard InChI is InChI=1S/C16H16O2/c1-17-16(18-2)14-9-5-3-7-12(14)11-13-8-4-6-10-15(13)16/h3-10H,11H2,1-2H3. The quantitative estimate of drug-likeness (QED) is 0.751. The molecule has 0 saturated carbocycles. The lowest BCUT2D eigenvalue weighted by atomic mass is 9.81. The number of benzene rings is 2. The van der Waals surface area contributed by atoms with E-state index in [2.05, 4.69) is 36.4 Å². The Kier molecular flexibility index (Phi) is 2.69. The first-order valence-electron chi connectivity index (χ1n) is 6.09. The van der Waals surface area contributed by atoms with Crippen molar-refractivity contribution in [2.24, 2.45) is 0 Å². The third kappa shape index (κ3) is 1.43. The van der Waals surface area contributed by atoms with E-state index in [9.17, 15) is 0 Å². The summed E-state index contributed by atoms with van der Waals surface area (Å²) in [6.07, 6.45) is 0.931. The molecular formula is C16H16O2. The van der Waals surface area contributed by atoms with Gasteiger partial charge < -0.3 is 9.47 Å². The van der Waals surface area contributed by atoms with Crippen molar-refractivity contribution in [3.8, 4) is 0 Å². The number of hydrogen-bond donors (Lipinski definition) is 0. The minimum atomic E-state index is -0.772. The van der Waals surface area contributed by atoms with Gasteiger partial charge in [-0.25, -0.2) is 0 Å². The van der Waals surface area contributed by atoms with Gasteiger partial charge in [0.15, 0.2) is 0 Å². The first kappa shape index (κ1) is 11.5. The second kappa shape index (κ2) is 4.23. The van der Waals surface area contributed by atoms with E-state index < -0.39 is 5.79 Å². The smallest absolute Gasteiger partial charge is 0.222 e. The van der Waals surface area contributed by atoms with Crippen molar-refractivity contribution in [2.75, 3.05) is 14.2 Å². The van der Waals surface area contributed by atoms with Crippen LogP contribution in [0.1, 0.15) is 22.3 Å². The van der Waals surface area contributed by atoms with Gasteiger partial charge in [-0.2, -0.15) is 0 Å². The molecule has 1 aliphatic carbocycles. The summed E-state index contributed by atoms with van der Waals surface area (Å²) in [6, 6.07) is 16.6. The minimum Gasteiger partial charge on any atom is -0.346 e. The number of hydrogen-bond acceptors (Lipinski definition) is 2. The highest BCUT2D eigenvalue weighted by Gasteiger charge is 2.40. The molecule has 1 aliphatic rings. The van der Waals surface area contributed by atoms with E-state index in [0.717, 1.165) is 17.5 Å². The van der Waals surface area contributed by atoms with E-state index in [1.807, 2.05) is 12.1 Å². The Labute approximate surface area is 107 Å². The van der Waals surface area contributed by atoms with Gasteiger partial charge in [0.2, 0.25) is 5.79 Å². The van der Waals surface area contributed by atoms with Crippen molar-refractivity contribution in [2.45, 2.75) is 12.2 Å². The molecule has 92 valence electrons. The molecule has 2 nitrogen and oxygen atoms in total. The van der Waals surface area contributed by atoms with Gasteiger partial charge in [0.05, 0.1) is 0 Å². The second-order valence-corrected chi connectivity index (χ2v) is 4.52. The zero-order valence-electron chi connectivity index (χ0n) is 10.6. The van der Waals surface area contributed by atoms with E-state index in [4.69, 9.17) is 9.47 Å². The summed E-state index contributed by atoms with van der Waals surface area (Å²) in [5.74, 6) is -0.772.